The van der Waals surface area contributed by atoms with Gasteiger partial charge in [0.15, 0.2) is 0 Å². The molecule has 2 heterocycles. The lowest BCUT2D eigenvalue weighted by molar-refractivity contribution is 0.103. The van der Waals surface area contributed by atoms with Crippen LogP contribution in [0.25, 0.3) is 0 Å². The monoisotopic (exact) mass is 253 g/mol. The molecule has 0 bridgehead atoms. The van der Waals surface area contributed by atoms with E-state index in [2.05, 4.69) is 5.32 Å². The Hall–Kier alpha value is -0.840. The minimum atomic E-state index is 0.574. The summed E-state index contributed by atoms with van der Waals surface area (Å²) in [4.78, 5) is 0. The van der Waals surface area contributed by atoms with E-state index in [1.807, 2.05) is 12.1 Å². The Morgan fingerprint density at radius 3 is 3.22 bits per heavy atom. The molecule has 0 aliphatic carbocycles. The maximum absolute atomic E-state index is 5.53. The molecule has 0 saturated carbocycles. The molecule has 0 radical (unpaired) electrons. The Balaban J connectivity index is 1.45. The summed E-state index contributed by atoms with van der Waals surface area (Å²) in [5, 5.41) is 3.57. The van der Waals surface area contributed by atoms with Gasteiger partial charge in [0.05, 0.1) is 6.26 Å². The summed E-state index contributed by atoms with van der Waals surface area (Å²) < 4.78 is 16.2. The topological polar surface area (TPSA) is 43.6 Å². The molecule has 102 valence electrons. The van der Waals surface area contributed by atoms with Gasteiger partial charge in [0, 0.05) is 25.9 Å². The van der Waals surface area contributed by atoms with Gasteiger partial charge in [0.25, 0.3) is 0 Å². The summed E-state index contributed by atoms with van der Waals surface area (Å²) in [6, 6.07) is 4.44. The second-order valence-corrected chi connectivity index (χ2v) is 4.68. The van der Waals surface area contributed by atoms with Crippen LogP contribution in [-0.4, -0.2) is 32.4 Å². The van der Waals surface area contributed by atoms with Crippen molar-refractivity contribution in [2.45, 2.75) is 38.3 Å². The average Bonchev–Trinajstić information content (AvgIpc) is 2.76. The highest BCUT2D eigenvalue weighted by atomic mass is 16.5. The van der Waals surface area contributed by atoms with E-state index < -0.39 is 0 Å². The second kappa shape index (κ2) is 8.29. The molecule has 0 spiro atoms. The van der Waals surface area contributed by atoms with E-state index >= 15 is 0 Å². The zero-order valence-corrected chi connectivity index (χ0v) is 10.9. The summed E-state index contributed by atoms with van der Waals surface area (Å²) in [6.45, 7) is 4.18. The van der Waals surface area contributed by atoms with E-state index in [0.717, 1.165) is 45.0 Å². The molecule has 1 aromatic heterocycles. The Kier molecular flexibility index (Phi) is 6.26. The predicted octanol–water partition coefficient (Wildman–Crippen LogP) is 2.34. The lowest BCUT2D eigenvalue weighted by Gasteiger charge is -2.15. The van der Waals surface area contributed by atoms with E-state index in [9.17, 15) is 0 Å². The van der Waals surface area contributed by atoms with Gasteiger partial charge in [-0.25, -0.2) is 0 Å². The van der Waals surface area contributed by atoms with Crippen molar-refractivity contribution < 1.29 is 13.9 Å². The number of nitrogens with one attached hydrogen (secondary N) is 1. The van der Waals surface area contributed by atoms with Crippen LogP contribution < -0.4 is 5.32 Å². The number of ether oxygens (including phenoxy) is 2. The third-order valence-electron chi connectivity index (χ3n) is 3.17. The third-order valence-corrected chi connectivity index (χ3v) is 3.17. The van der Waals surface area contributed by atoms with Crippen molar-refractivity contribution in [1.29, 1.82) is 0 Å². The van der Waals surface area contributed by atoms with E-state index in [4.69, 9.17) is 13.9 Å². The van der Waals surface area contributed by atoms with Crippen LogP contribution in [0.5, 0.6) is 0 Å². The maximum atomic E-state index is 5.53. The van der Waals surface area contributed by atoms with Crippen LogP contribution in [0.15, 0.2) is 22.8 Å². The van der Waals surface area contributed by atoms with Crippen molar-refractivity contribution in [3.63, 3.8) is 0 Å². The molecule has 1 aliphatic heterocycles. The van der Waals surface area contributed by atoms with Crippen LogP contribution in [0.3, 0.4) is 0 Å². The first kappa shape index (κ1) is 13.6. The first-order valence-electron chi connectivity index (χ1n) is 6.86. The molecule has 1 N–H and O–H groups in total. The van der Waals surface area contributed by atoms with Crippen LogP contribution in [0.4, 0.5) is 0 Å². The highest BCUT2D eigenvalue weighted by molar-refractivity contribution is 4.95. The van der Waals surface area contributed by atoms with Crippen LogP contribution in [-0.2, 0) is 16.1 Å². The van der Waals surface area contributed by atoms with E-state index in [1.165, 1.54) is 12.8 Å². The van der Waals surface area contributed by atoms with E-state index in [-0.39, 0.29) is 0 Å². The van der Waals surface area contributed by atoms with Gasteiger partial charge in [-0.15, -0.1) is 0 Å². The summed E-state index contributed by atoms with van der Waals surface area (Å²) >= 11 is 0. The quantitative estimate of drug-likeness (QED) is 0.758. The normalized spacial score (nSPS) is 20.8. The largest absolute Gasteiger partial charge is 0.467 e. The number of rotatable bonds is 7. The Morgan fingerprint density at radius 1 is 1.33 bits per heavy atom. The van der Waals surface area contributed by atoms with Gasteiger partial charge in [-0.2, -0.15) is 0 Å². The molecule has 4 nitrogen and oxygen atoms in total. The Labute approximate surface area is 109 Å². The first-order chi connectivity index (χ1) is 8.95. The van der Waals surface area contributed by atoms with Gasteiger partial charge in [-0.3, -0.25) is 0 Å². The van der Waals surface area contributed by atoms with Crippen LogP contribution in [0.2, 0.25) is 0 Å². The van der Waals surface area contributed by atoms with Gasteiger partial charge in [0.1, 0.15) is 12.4 Å². The van der Waals surface area contributed by atoms with Gasteiger partial charge >= 0.3 is 0 Å². The predicted molar refractivity (Wildman–Crippen MR) is 69.4 cm³/mol. The maximum Gasteiger partial charge on any atom is 0.129 e. The molecular weight excluding hydrogens is 230 g/mol. The summed E-state index contributed by atoms with van der Waals surface area (Å²) in [7, 11) is 0. The summed E-state index contributed by atoms with van der Waals surface area (Å²) in [5.74, 6) is 0.892. The van der Waals surface area contributed by atoms with Crippen molar-refractivity contribution in [2.75, 3.05) is 26.4 Å². The molecule has 1 aromatic rings. The van der Waals surface area contributed by atoms with Crippen LogP contribution >= 0.6 is 0 Å². The molecule has 1 aliphatic rings. The van der Waals surface area contributed by atoms with Crippen molar-refractivity contribution in [2.24, 2.45) is 0 Å². The fraction of sp³-hybridized carbons (Fsp3) is 0.714. The minimum absolute atomic E-state index is 0.574. The molecule has 1 fully saturated rings. The Bertz CT molecular complexity index is 292. The molecule has 2 rings (SSSR count). The zero-order valence-electron chi connectivity index (χ0n) is 10.9. The number of hydrogen-bond acceptors (Lipinski definition) is 4. The lowest BCUT2D eigenvalue weighted by atomic mass is 10.1. The summed E-state index contributed by atoms with van der Waals surface area (Å²) in [5.41, 5.74) is 0. The van der Waals surface area contributed by atoms with Gasteiger partial charge < -0.3 is 19.2 Å². The molecule has 0 aromatic carbocycles. The fourth-order valence-electron chi connectivity index (χ4n) is 2.16. The smallest absolute Gasteiger partial charge is 0.129 e. The zero-order chi connectivity index (χ0) is 12.5. The number of furan rings is 1. The highest BCUT2D eigenvalue weighted by Crippen LogP contribution is 2.08. The lowest BCUT2D eigenvalue weighted by Crippen LogP contribution is -2.30. The first-order valence-corrected chi connectivity index (χ1v) is 6.86. The van der Waals surface area contributed by atoms with Crippen molar-refractivity contribution >= 4 is 0 Å². The van der Waals surface area contributed by atoms with Crippen molar-refractivity contribution in [3.05, 3.63) is 24.2 Å². The molecule has 1 atom stereocenters. The number of hydrogen-bond donors (Lipinski definition) is 1. The fourth-order valence-corrected chi connectivity index (χ4v) is 2.16. The van der Waals surface area contributed by atoms with Crippen LogP contribution in [0.1, 0.15) is 31.4 Å². The van der Waals surface area contributed by atoms with Crippen molar-refractivity contribution in [3.8, 4) is 0 Å². The van der Waals surface area contributed by atoms with Gasteiger partial charge in [-0.05, 0) is 44.4 Å². The SMILES string of the molecule is c1coc(COCCCNC2CCCOCC2)c1. The molecule has 1 unspecified atom stereocenters. The van der Waals surface area contributed by atoms with Crippen LogP contribution in [0, 0.1) is 0 Å². The van der Waals surface area contributed by atoms with Gasteiger partial charge in [-0.1, -0.05) is 0 Å². The molecule has 1 saturated heterocycles. The molecule has 4 heteroatoms. The molecule has 18 heavy (non-hydrogen) atoms. The molecule has 0 amide bonds. The third kappa shape index (κ3) is 5.21. The summed E-state index contributed by atoms with van der Waals surface area (Å²) in [6.07, 6.45) is 6.25. The van der Waals surface area contributed by atoms with E-state index in [0.29, 0.717) is 12.6 Å². The standard InChI is InChI=1S/C14H23NO3/c1-4-13(6-11-16-8-1)15-7-3-9-17-12-14-5-2-10-18-14/h2,5,10,13,15H,1,3-4,6-9,11-12H2. The van der Waals surface area contributed by atoms with Crippen molar-refractivity contribution in [1.82, 2.24) is 5.32 Å². The second-order valence-electron chi connectivity index (χ2n) is 4.68. The van der Waals surface area contributed by atoms with Gasteiger partial charge in [0.2, 0.25) is 0 Å². The van der Waals surface area contributed by atoms with E-state index in [1.54, 1.807) is 6.26 Å². The Morgan fingerprint density at radius 2 is 2.33 bits per heavy atom. The minimum Gasteiger partial charge on any atom is -0.467 e. The average molecular weight is 253 g/mol. The highest BCUT2D eigenvalue weighted by Gasteiger charge is 2.10. The molecular formula is C14H23NO3.